The summed E-state index contributed by atoms with van der Waals surface area (Å²) in [7, 11) is -3.58. The number of hydrogen-bond acceptors (Lipinski definition) is 12. The Bertz CT molecular complexity index is 2700. The second-order valence-corrected chi connectivity index (χ2v) is 23.8. The Balaban J connectivity index is 1.31. The van der Waals surface area contributed by atoms with E-state index in [1.54, 1.807) is 90.7 Å². The van der Waals surface area contributed by atoms with Crippen LogP contribution >= 0.6 is 27.9 Å². The summed E-state index contributed by atoms with van der Waals surface area (Å²) in [5.41, 5.74) is -1.83. The predicted molar refractivity (Wildman–Crippen MR) is 274 cm³/mol. The van der Waals surface area contributed by atoms with E-state index >= 15 is 0 Å². The number of carbonyl (C=O) groups is 4. The lowest BCUT2D eigenvalue weighted by molar-refractivity contribution is -0.143. The number of fused-ring (bicyclic) bond motifs is 8. The second-order valence-electron chi connectivity index (χ2n) is 20.2. The van der Waals surface area contributed by atoms with E-state index in [9.17, 15) is 23.7 Å². The van der Waals surface area contributed by atoms with E-state index in [0.29, 0.717) is 58.1 Å². The van der Waals surface area contributed by atoms with Gasteiger partial charge in [-0.25, -0.2) is 16.0 Å². The Morgan fingerprint density at radius 3 is 2.16 bits per heavy atom. The molecule has 0 aromatic heterocycles. The van der Waals surface area contributed by atoms with Gasteiger partial charge in [-0.05, 0) is 124 Å². The molecule has 1 amide bonds. The summed E-state index contributed by atoms with van der Waals surface area (Å²) in [4.78, 5) is 58.1. The van der Waals surface area contributed by atoms with Crippen molar-refractivity contribution >= 4 is 67.8 Å². The lowest BCUT2D eigenvalue weighted by atomic mass is 9.75. The molecule has 2 aliphatic heterocycles. The molecule has 70 heavy (non-hydrogen) atoms. The monoisotopic (exact) mass is 1020 g/mol. The van der Waals surface area contributed by atoms with E-state index in [4.69, 9.17) is 46.2 Å². The molecule has 4 aromatic carbocycles. The summed E-state index contributed by atoms with van der Waals surface area (Å²) < 4.78 is 53.0. The van der Waals surface area contributed by atoms with E-state index in [1.807, 2.05) is 12.1 Å². The van der Waals surface area contributed by atoms with E-state index in [-0.39, 0.29) is 71.0 Å². The van der Waals surface area contributed by atoms with Crippen LogP contribution in [0.1, 0.15) is 134 Å². The number of benzene rings is 4. The summed E-state index contributed by atoms with van der Waals surface area (Å²) in [6.45, 7) is 29.1. The molecule has 17 heteroatoms. The number of rotatable bonds is 20. The number of esters is 3. The van der Waals surface area contributed by atoms with Gasteiger partial charge in [-0.15, -0.1) is 0 Å². The normalized spacial score (nSPS) is 16.1. The van der Waals surface area contributed by atoms with E-state index < -0.39 is 50.7 Å². The van der Waals surface area contributed by atoms with Crippen molar-refractivity contribution in [3.05, 3.63) is 98.9 Å². The fraction of sp³-hybridized carbons (Fsp3) is 0.491. The summed E-state index contributed by atoms with van der Waals surface area (Å²) in [5, 5.41) is 4.51. The van der Waals surface area contributed by atoms with E-state index in [1.165, 1.54) is 0 Å². The van der Waals surface area contributed by atoms with Gasteiger partial charge in [-0.2, -0.15) is 0 Å². The zero-order valence-electron chi connectivity index (χ0n) is 42.1. The molecule has 0 saturated heterocycles. The van der Waals surface area contributed by atoms with Crippen molar-refractivity contribution in [2.24, 2.45) is 10.8 Å². The number of aryl methyl sites for hydroxylation is 1. The molecule has 0 radical (unpaired) electrons. The minimum atomic E-state index is -2.28. The van der Waals surface area contributed by atoms with Gasteiger partial charge in [0.1, 0.15) is 30.9 Å². The summed E-state index contributed by atoms with van der Waals surface area (Å²) in [5.74, 6) is -1.60. The number of nitrogens with zero attached hydrogens (tertiary/aromatic N) is 2. The molecule has 2 aliphatic rings. The number of ether oxygens (including phenoxy) is 4. The van der Waals surface area contributed by atoms with Crippen LogP contribution in [-0.2, 0) is 44.8 Å². The maximum absolute atomic E-state index is 14.2. The van der Waals surface area contributed by atoms with Gasteiger partial charge in [0.05, 0.1) is 28.6 Å². The molecule has 6 rings (SSSR count). The number of unbranched alkanes of at least 4 members (excludes halogenated alkanes) is 3. The molecule has 3 unspecified atom stereocenters. The Morgan fingerprint density at radius 2 is 1.51 bits per heavy atom. The topological polar surface area (TPSA) is 160 Å². The number of amides is 1. The average molecular weight is 1020 g/mol. The molecule has 1 N–H and O–H groups in total. The third-order valence-electron chi connectivity index (χ3n) is 11.9. The van der Waals surface area contributed by atoms with Crippen molar-refractivity contribution in [1.82, 2.24) is 9.99 Å². The first kappa shape index (κ1) is 54.5. The molecule has 0 aliphatic carbocycles. The van der Waals surface area contributed by atoms with Crippen LogP contribution < -0.4 is 24.8 Å². The van der Waals surface area contributed by atoms with Crippen molar-refractivity contribution in [3.8, 4) is 23.0 Å². The minimum Gasteiger partial charge on any atom is -0.455 e. The fourth-order valence-corrected chi connectivity index (χ4v) is 11.0. The quantitative estimate of drug-likeness (QED) is 0.0294. The maximum atomic E-state index is 14.2. The second kappa shape index (κ2) is 22.7. The molecule has 0 fully saturated rings. The van der Waals surface area contributed by atoms with Crippen LogP contribution in [0.2, 0.25) is 5.02 Å². The van der Waals surface area contributed by atoms with Crippen LogP contribution in [0, 0.1) is 17.4 Å². The van der Waals surface area contributed by atoms with Gasteiger partial charge in [0, 0.05) is 52.9 Å². The van der Waals surface area contributed by atoms with Crippen molar-refractivity contribution in [2.75, 3.05) is 33.0 Å². The van der Waals surface area contributed by atoms with Crippen LogP contribution in [-0.4, -0.2) is 73.5 Å². The Labute approximate surface area is 419 Å². The first-order valence-corrected chi connectivity index (χ1v) is 27.3. The smallest absolute Gasteiger partial charge is 0.340 e. The molecular formula is C53H66ClN3O11P2. The van der Waals surface area contributed by atoms with E-state index in [2.05, 4.69) is 42.5 Å². The van der Waals surface area contributed by atoms with Gasteiger partial charge in [-0.3, -0.25) is 14.4 Å². The molecule has 1 spiro atoms. The highest BCUT2D eigenvalue weighted by Crippen LogP contribution is 2.62. The number of carbonyl (C=O) groups excluding carboxylic acids is 4. The van der Waals surface area contributed by atoms with Crippen molar-refractivity contribution in [2.45, 2.75) is 125 Å². The lowest BCUT2D eigenvalue weighted by Crippen LogP contribution is -2.34. The molecular weight excluding hydrogens is 952 g/mol. The molecule has 376 valence electrons. The fourth-order valence-electron chi connectivity index (χ4n) is 8.38. The number of nitrogens with one attached hydrogen (secondary N) is 1. The first-order chi connectivity index (χ1) is 33.0. The van der Waals surface area contributed by atoms with Gasteiger partial charge in [-0.1, -0.05) is 54.8 Å². The third-order valence-corrected chi connectivity index (χ3v) is 15.5. The van der Waals surface area contributed by atoms with Crippen molar-refractivity contribution in [3.63, 3.8) is 0 Å². The highest BCUT2D eigenvalue weighted by Gasteiger charge is 2.56. The molecule has 0 bridgehead atoms. The minimum absolute atomic E-state index is 0.00349. The number of halogens is 1. The maximum Gasteiger partial charge on any atom is 0.340 e. The summed E-state index contributed by atoms with van der Waals surface area (Å²) in [6, 6.07) is 15.9. The Hall–Kier alpha value is -4.86. The van der Waals surface area contributed by atoms with Gasteiger partial charge < -0.3 is 42.7 Å². The van der Waals surface area contributed by atoms with Gasteiger partial charge in [0.25, 0.3) is 8.53 Å². The number of hydrogen-bond donors (Lipinski definition) is 1. The zero-order chi connectivity index (χ0) is 51.3. The Kier molecular flexibility index (Phi) is 17.7. The van der Waals surface area contributed by atoms with Crippen molar-refractivity contribution in [1.29, 1.82) is 0 Å². The van der Waals surface area contributed by atoms with Gasteiger partial charge in [0.15, 0.2) is 17.1 Å². The van der Waals surface area contributed by atoms with Gasteiger partial charge >= 0.3 is 17.9 Å². The predicted octanol–water partition coefficient (Wildman–Crippen LogP) is 11.7. The molecule has 2 heterocycles. The molecule has 14 nitrogen and oxygen atoms in total. The summed E-state index contributed by atoms with van der Waals surface area (Å²) >= 11 is 7.36. The lowest BCUT2D eigenvalue weighted by Gasteiger charge is -2.39. The average Bonchev–Trinajstić information content (AvgIpc) is 3.57. The van der Waals surface area contributed by atoms with Crippen LogP contribution in [0.5, 0.6) is 23.0 Å². The van der Waals surface area contributed by atoms with Crippen molar-refractivity contribution < 1.29 is 51.7 Å². The van der Waals surface area contributed by atoms with Gasteiger partial charge in [0.2, 0.25) is 12.5 Å². The summed E-state index contributed by atoms with van der Waals surface area (Å²) in [6.07, 6.45) is 3.37. The first-order valence-electron chi connectivity index (χ1n) is 23.9. The standard InChI is InChI=1S/C53H66ClN3O11P2/c1-32(2)57(33(3)4)70(64-28-26-55-11)63-27-18-14-13-17-25-56-43(58)24-21-34-29-40-47(45(54)46(34)67-50(61)52(8,9)10)65-42-31-41(66-49(60)51(5,6)7)36-19-15-16-20-37(36)44(42)53(40)39-30-35(69(12)62)22-23-38(39)48(59)68-53/h15-16,19-20,22-23,29-33,69H,13-14,17-18,21,24-28H2,1-10,12H3,(H,56,58). The molecule has 4 aromatic rings. The molecule has 3 atom stereocenters. The van der Waals surface area contributed by atoms with Crippen LogP contribution in [0.4, 0.5) is 0 Å². The zero-order valence-corrected chi connectivity index (χ0v) is 44.8. The molecule has 0 saturated carbocycles. The highest BCUT2D eigenvalue weighted by atomic mass is 35.5. The van der Waals surface area contributed by atoms with Crippen LogP contribution in [0.25, 0.3) is 15.6 Å². The highest BCUT2D eigenvalue weighted by molar-refractivity contribution is 7.52. The SMILES string of the molecule is [C-]#[N+]CCOP(OCCCCCCNC(=O)CCc1cc2c(c(Cl)c1OC(=O)C(C)(C)C)Oc1cc(OC(=O)C(C)(C)C)c3ccccc3c1C21OC(=O)c2ccc([PH](C)=O)cc21)N(C(C)C)C(C)C. The van der Waals surface area contributed by atoms with E-state index in [0.717, 1.165) is 25.7 Å². The largest absolute Gasteiger partial charge is 0.455 e. The third kappa shape index (κ3) is 11.9. The van der Waals surface area contributed by atoms with Crippen LogP contribution in [0.3, 0.4) is 0 Å². The Morgan fingerprint density at radius 1 is 0.871 bits per heavy atom. The van der Waals surface area contributed by atoms with Crippen LogP contribution in [0.15, 0.2) is 54.6 Å².